The van der Waals surface area contributed by atoms with E-state index in [-0.39, 0.29) is 11.8 Å². The predicted octanol–water partition coefficient (Wildman–Crippen LogP) is 8.58. The van der Waals surface area contributed by atoms with Crippen LogP contribution in [0.15, 0.2) is 60.7 Å². The van der Waals surface area contributed by atoms with Crippen molar-refractivity contribution in [3.05, 3.63) is 77.4 Å². The highest BCUT2D eigenvalue weighted by Crippen LogP contribution is 2.30. The third-order valence-corrected chi connectivity index (χ3v) is 8.34. The predicted molar refractivity (Wildman–Crippen MR) is 188 cm³/mol. The molecule has 3 aromatic rings. The number of alkyl carbamates (subject to hydrolysis) is 1. The summed E-state index contributed by atoms with van der Waals surface area (Å²) in [5.41, 5.74) is 2.65. The number of hydrogen-bond acceptors (Lipinski definition) is 5. The van der Waals surface area contributed by atoms with Crippen LogP contribution in [0.3, 0.4) is 0 Å². The van der Waals surface area contributed by atoms with E-state index in [1.165, 1.54) is 0 Å². The van der Waals surface area contributed by atoms with Crippen molar-refractivity contribution in [1.82, 2.24) is 10.2 Å². The molecule has 0 spiro atoms. The van der Waals surface area contributed by atoms with Gasteiger partial charge >= 0.3 is 6.09 Å². The molecule has 3 amide bonds. The molecule has 0 radical (unpaired) electrons. The fraction of sp³-hybridized carbons (Fsp3) is 0.486. The maximum absolute atomic E-state index is 14.6. The lowest BCUT2D eigenvalue weighted by Crippen LogP contribution is -2.53. The molecule has 0 aliphatic rings. The van der Waals surface area contributed by atoms with Crippen molar-refractivity contribution in [2.24, 2.45) is 0 Å². The maximum atomic E-state index is 14.6. The van der Waals surface area contributed by atoms with E-state index in [0.29, 0.717) is 24.4 Å². The molecule has 0 fully saturated rings. The highest BCUT2D eigenvalue weighted by atomic mass is 32.2. The molecule has 45 heavy (non-hydrogen) atoms. The van der Waals surface area contributed by atoms with Crippen LogP contribution in [0.4, 0.5) is 10.5 Å². The average Bonchev–Trinajstić information content (AvgIpc) is 2.98. The van der Waals surface area contributed by atoms with Gasteiger partial charge in [0.25, 0.3) is 5.91 Å². The number of thioether (sulfide) groups is 1. The van der Waals surface area contributed by atoms with Gasteiger partial charge in [-0.1, -0.05) is 86.7 Å². The van der Waals surface area contributed by atoms with Gasteiger partial charge in [0, 0.05) is 12.2 Å². The summed E-state index contributed by atoms with van der Waals surface area (Å²) in [6.45, 7) is 11.9. The smallest absolute Gasteiger partial charge is 0.408 e. The fourth-order valence-corrected chi connectivity index (χ4v) is 5.85. The Kier molecular flexibility index (Phi) is 13.8. The Morgan fingerprint density at radius 2 is 1.62 bits per heavy atom. The van der Waals surface area contributed by atoms with E-state index >= 15 is 0 Å². The lowest BCUT2D eigenvalue weighted by atomic mass is 9.95. The molecule has 7 nitrogen and oxygen atoms in total. The Labute approximate surface area is 273 Å². The molecule has 0 saturated heterocycles. The van der Waals surface area contributed by atoms with Gasteiger partial charge in [-0.05, 0) is 93.5 Å². The molecule has 2 unspecified atom stereocenters. The van der Waals surface area contributed by atoms with Crippen molar-refractivity contribution in [3.63, 3.8) is 0 Å². The number of nitrogens with one attached hydrogen (secondary N) is 2. The zero-order valence-corrected chi connectivity index (χ0v) is 28.9. The van der Waals surface area contributed by atoms with E-state index in [9.17, 15) is 14.4 Å². The average molecular weight is 634 g/mol. The number of unbranched alkanes of at least 4 members (excludes halogenated alkanes) is 4. The highest BCUT2D eigenvalue weighted by molar-refractivity contribution is 7.98. The Hall–Kier alpha value is -3.52. The number of anilines is 1. The monoisotopic (exact) mass is 633 g/mol. The highest BCUT2D eigenvalue weighted by Gasteiger charge is 2.36. The van der Waals surface area contributed by atoms with Crippen LogP contribution in [-0.4, -0.2) is 53.0 Å². The number of carbonyl (C=O) groups is 3. The van der Waals surface area contributed by atoms with Gasteiger partial charge in [-0.3, -0.25) is 9.59 Å². The molecule has 0 bridgehead atoms. The molecule has 3 aromatic carbocycles. The number of carbonyl (C=O) groups excluding carboxylic acids is 3. The van der Waals surface area contributed by atoms with Crippen LogP contribution in [0.2, 0.25) is 0 Å². The quantitative estimate of drug-likeness (QED) is 0.164. The molecule has 0 aromatic heterocycles. The molecule has 2 atom stereocenters. The van der Waals surface area contributed by atoms with Gasteiger partial charge in [0.2, 0.25) is 5.91 Å². The molecule has 244 valence electrons. The standard InChI is InChI=1S/C37H51N3O4S/c1-8-9-10-11-14-22-40(35(42)32(21-23-45-7)39-36(43)44-37(4,5)6)33(31-24-26(2)17-18-27(31)3)34(41)38-30-20-19-28-15-12-13-16-29(28)25-30/h12-13,15-20,24-25,32-33H,8-11,14,21-23H2,1-7H3,(H,38,41)(H,39,43). The minimum absolute atomic E-state index is 0.287. The SMILES string of the molecule is CCCCCCCN(C(=O)C(CCSC)NC(=O)OC(C)(C)C)C(C(=O)Nc1ccc2ccccc2c1)c1cc(C)ccc1C. The number of amides is 3. The molecule has 0 heterocycles. The van der Waals surface area contributed by atoms with E-state index in [4.69, 9.17) is 4.74 Å². The first-order valence-electron chi connectivity index (χ1n) is 16.1. The Bertz CT molecular complexity index is 1430. The normalized spacial score (nSPS) is 12.8. The second kappa shape index (κ2) is 17.2. The van der Waals surface area contributed by atoms with Gasteiger partial charge in [-0.15, -0.1) is 0 Å². The van der Waals surface area contributed by atoms with Crippen molar-refractivity contribution in [2.45, 2.75) is 97.8 Å². The summed E-state index contributed by atoms with van der Waals surface area (Å²) in [5, 5.41) is 8.07. The molecule has 2 N–H and O–H groups in total. The Morgan fingerprint density at radius 3 is 2.31 bits per heavy atom. The molecule has 0 aliphatic heterocycles. The Balaban J connectivity index is 2.06. The van der Waals surface area contributed by atoms with Gasteiger partial charge in [0.1, 0.15) is 17.7 Å². The minimum Gasteiger partial charge on any atom is -0.444 e. The van der Waals surface area contributed by atoms with Crippen molar-refractivity contribution in [3.8, 4) is 0 Å². The molecule has 3 rings (SSSR count). The van der Waals surface area contributed by atoms with Crippen molar-refractivity contribution >= 4 is 46.1 Å². The summed E-state index contributed by atoms with van der Waals surface area (Å²) in [6, 6.07) is 18.1. The van der Waals surface area contributed by atoms with Crippen molar-refractivity contribution < 1.29 is 19.1 Å². The largest absolute Gasteiger partial charge is 0.444 e. The van der Waals surface area contributed by atoms with Crippen LogP contribution in [0, 0.1) is 13.8 Å². The summed E-state index contributed by atoms with van der Waals surface area (Å²) in [6.07, 6.45) is 6.71. The fourth-order valence-electron chi connectivity index (χ4n) is 5.38. The third-order valence-electron chi connectivity index (χ3n) is 7.69. The zero-order valence-electron chi connectivity index (χ0n) is 28.1. The van der Waals surface area contributed by atoms with Crippen molar-refractivity contribution in [1.29, 1.82) is 0 Å². The third kappa shape index (κ3) is 11.1. The minimum atomic E-state index is -0.896. The Morgan fingerprint density at radius 1 is 0.911 bits per heavy atom. The van der Waals surface area contributed by atoms with E-state index < -0.39 is 23.8 Å². The van der Waals surface area contributed by atoms with Crippen molar-refractivity contribution in [2.75, 3.05) is 23.9 Å². The summed E-state index contributed by atoms with van der Waals surface area (Å²) in [7, 11) is 0. The summed E-state index contributed by atoms with van der Waals surface area (Å²) < 4.78 is 5.54. The number of benzene rings is 3. The van der Waals surface area contributed by atoms with E-state index in [1.54, 1.807) is 37.4 Å². The number of aryl methyl sites for hydroxylation is 2. The maximum Gasteiger partial charge on any atom is 0.408 e. The number of rotatable bonds is 15. The number of fused-ring (bicyclic) bond motifs is 1. The van der Waals surface area contributed by atoms with E-state index in [2.05, 4.69) is 17.6 Å². The molecule has 8 heteroatoms. The van der Waals surface area contributed by atoms with E-state index in [1.807, 2.05) is 80.8 Å². The summed E-state index contributed by atoms with van der Waals surface area (Å²) in [4.78, 5) is 43.6. The van der Waals surface area contributed by atoms with Crippen LogP contribution in [-0.2, 0) is 14.3 Å². The lowest BCUT2D eigenvalue weighted by molar-refractivity contribution is -0.141. The summed E-state index contributed by atoms with van der Waals surface area (Å²) in [5.74, 6) is 0.0836. The lowest BCUT2D eigenvalue weighted by Gasteiger charge is -2.35. The second-order valence-electron chi connectivity index (χ2n) is 12.7. The van der Waals surface area contributed by atoms with Crippen LogP contribution >= 0.6 is 11.8 Å². The molecule has 0 aliphatic carbocycles. The first-order valence-corrected chi connectivity index (χ1v) is 17.5. The van der Waals surface area contributed by atoms with E-state index in [0.717, 1.165) is 59.6 Å². The van der Waals surface area contributed by atoms with Gasteiger partial charge in [0.05, 0.1) is 0 Å². The van der Waals surface area contributed by atoms with Crippen LogP contribution < -0.4 is 10.6 Å². The number of nitrogens with zero attached hydrogens (tertiary/aromatic N) is 1. The van der Waals surface area contributed by atoms with Crippen LogP contribution in [0.1, 0.15) is 89.0 Å². The topological polar surface area (TPSA) is 87.7 Å². The molecular formula is C37H51N3O4S. The molecular weight excluding hydrogens is 582 g/mol. The second-order valence-corrected chi connectivity index (χ2v) is 13.7. The van der Waals surface area contributed by atoms with Gasteiger partial charge in [-0.25, -0.2) is 4.79 Å². The van der Waals surface area contributed by atoms with Gasteiger partial charge in [-0.2, -0.15) is 11.8 Å². The number of hydrogen-bond donors (Lipinski definition) is 2. The van der Waals surface area contributed by atoms with Crippen LogP contribution in [0.25, 0.3) is 10.8 Å². The zero-order chi connectivity index (χ0) is 33.0. The first-order chi connectivity index (χ1) is 21.4. The van der Waals surface area contributed by atoms with Gasteiger partial charge < -0.3 is 20.3 Å². The van der Waals surface area contributed by atoms with Crippen LogP contribution in [0.5, 0.6) is 0 Å². The van der Waals surface area contributed by atoms with Gasteiger partial charge in [0.15, 0.2) is 0 Å². The number of ether oxygens (including phenoxy) is 1. The molecule has 0 saturated carbocycles. The summed E-state index contributed by atoms with van der Waals surface area (Å²) >= 11 is 1.60. The first kappa shape index (κ1) is 36.0.